The predicted molar refractivity (Wildman–Crippen MR) is 130 cm³/mol. The molecule has 0 radical (unpaired) electrons. The summed E-state index contributed by atoms with van der Waals surface area (Å²) in [7, 11) is 2.20. The van der Waals surface area contributed by atoms with Gasteiger partial charge in [0.1, 0.15) is 0 Å². The van der Waals surface area contributed by atoms with Crippen LogP contribution in [0, 0.1) is 22.7 Å². The Labute approximate surface area is 190 Å². The van der Waals surface area contributed by atoms with Gasteiger partial charge >= 0.3 is 0 Å². The number of fused-ring (bicyclic) bond motifs is 2. The molecule has 2 heterocycles. The Morgan fingerprint density at radius 1 is 1.29 bits per heavy atom. The number of rotatable bonds is 5. The minimum Gasteiger partial charge on any atom is -0.314 e. The van der Waals surface area contributed by atoms with Crippen molar-refractivity contribution < 1.29 is 0 Å². The monoisotopic (exact) mass is 429 g/mol. The minimum atomic E-state index is 0.0344. The molecule has 3 fully saturated rings. The topological polar surface area (TPSA) is 56.6 Å². The summed E-state index contributed by atoms with van der Waals surface area (Å²) in [5.41, 5.74) is 10.5. The van der Waals surface area contributed by atoms with Gasteiger partial charge in [-0.3, -0.25) is 20.4 Å². The molecule has 5 nitrogen and oxygen atoms in total. The second kappa shape index (κ2) is 8.90. The van der Waals surface area contributed by atoms with Crippen LogP contribution in [0.5, 0.6) is 0 Å². The van der Waals surface area contributed by atoms with Crippen molar-refractivity contribution in [3.63, 3.8) is 0 Å². The largest absolute Gasteiger partial charge is 0.314 e. The van der Waals surface area contributed by atoms with Gasteiger partial charge in [-0.1, -0.05) is 44.1 Å². The van der Waals surface area contributed by atoms with Gasteiger partial charge in [0.2, 0.25) is 0 Å². The Morgan fingerprint density at radius 3 is 2.84 bits per heavy atom. The second-order valence-corrected chi connectivity index (χ2v) is 11.6. The third-order valence-electron chi connectivity index (χ3n) is 9.97. The fraction of sp³-hybridized carbons (Fsp3) is 0.846. The van der Waals surface area contributed by atoms with Crippen LogP contribution < -0.4 is 16.4 Å². The zero-order valence-electron chi connectivity index (χ0n) is 20.9. The van der Waals surface area contributed by atoms with Gasteiger partial charge in [-0.2, -0.15) is 0 Å². The Hall–Kier alpha value is -0.720. The molecule has 7 unspecified atom stereocenters. The lowest BCUT2D eigenvalue weighted by Crippen LogP contribution is -2.67. The Bertz CT molecular complexity index is 717. The number of likely N-dealkylation sites (N-methyl/N-ethyl adjacent to an activating group) is 1. The van der Waals surface area contributed by atoms with Crippen molar-refractivity contribution >= 4 is 0 Å². The average molecular weight is 430 g/mol. The molecule has 4 N–H and O–H groups in total. The summed E-state index contributed by atoms with van der Waals surface area (Å²) in [6, 6.07) is 0.330. The molecule has 5 heteroatoms. The number of nitrogens with two attached hydrogens (primary N) is 1. The maximum absolute atomic E-state index is 6.41. The first-order valence-electron chi connectivity index (χ1n) is 12.7. The van der Waals surface area contributed by atoms with Gasteiger partial charge in [0, 0.05) is 13.2 Å². The van der Waals surface area contributed by atoms with E-state index in [2.05, 4.69) is 74.3 Å². The van der Waals surface area contributed by atoms with Gasteiger partial charge in [0.15, 0.2) is 0 Å². The maximum Gasteiger partial charge on any atom is 0.0804 e. The first kappa shape index (κ1) is 23.4. The zero-order valence-corrected chi connectivity index (χ0v) is 20.9. The van der Waals surface area contributed by atoms with E-state index in [1.807, 2.05) is 0 Å². The van der Waals surface area contributed by atoms with Crippen LogP contribution in [0.1, 0.15) is 73.1 Å². The first-order chi connectivity index (χ1) is 14.7. The zero-order chi connectivity index (χ0) is 22.4. The standard InChI is InChI=1S/C26H47N5/c1-18(12-15-31-17-30(6)24-22(31)23(27)28-16-29-24)10-13-25(4)20(3)11-14-26(5)19(2)8-7-9-21(25)26/h8,12,20-24,28-29H,7,9-11,13-17,27H2,1-6H3. The molecule has 4 aliphatic rings. The number of nitrogens with one attached hydrogen (secondary N) is 2. The Balaban J connectivity index is 1.40. The van der Waals surface area contributed by atoms with Crippen LogP contribution in [0.25, 0.3) is 0 Å². The van der Waals surface area contributed by atoms with E-state index in [1.165, 1.54) is 38.5 Å². The predicted octanol–water partition coefficient (Wildman–Crippen LogP) is 3.85. The highest BCUT2D eigenvalue weighted by Crippen LogP contribution is 2.61. The van der Waals surface area contributed by atoms with E-state index in [1.54, 1.807) is 11.1 Å². The smallest absolute Gasteiger partial charge is 0.0804 e. The van der Waals surface area contributed by atoms with E-state index in [0.29, 0.717) is 23.0 Å². The quantitative estimate of drug-likeness (QED) is 0.580. The molecule has 0 amide bonds. The van der Waals surface area contributed by atoms with Crippen molar-refractivity contribution in [1.29, 1.82) is 0 Å². The summed E-state index contributed by atoms with van der Waals surface area (Å²) in [6.45, 7) is 15.2. The van der Waals surface area contributed by atoms with Crippen molar-refractivity contribution in [3.05, 3.63) is 23.3 Å². The van der Waals surface area contributed by atoms with Crippen molar-refractivity contribution in [2.45, 2.75) is 91.5 Å². The molecule has 0 aromatic carbocycles. The third-order valence-corrected chi connectivity index (χ3v) is 9.97. The molecule has 0 bridgehead atoms. The highest BCUT2D eigenvalue weighted by atomic mass is 15.5. The minimum absolute atomic E-state index is 0.0344. The van der Waals surface area contributed by atoms with E-state index in [-0.39, 0.29) is 6.17 Å². The molecule has 0 aromatic rings. The number of allylic oxidation sites excluding steroid dienone is 3. The molecule has 4 rings (SSSR count). The highest BCUT2D eigenvalue weighted by Gasteiger charge is 2.52. The van der Waals surface area contributed by atoms with Gasteiger partial charge in [-0.25, -0.2) is 0 Å². The van der Waals surface area contributed by atoms with Crippen molar-refractivity contribution in [2.24, 2.45) is 28.4 Å². The summed E-state index contributed by atoms with van der Waals surface area (Å²) >= 11 is 0. The molecular formula is C26H47N5. The third kappa shape index (κ3) is 4.17. The molecule has 2 saturated heterocycles. The van der Waals surface area contributed by atoms with Gasteiger partial charge in [0.25, 0.3) is 0 Å². The number of hydrogen-bond acceptors (Lipinski definition) is 5. The second-order valence-electron chi connectivity index (χ2n) is 11.6. The van der Waals surface area contributed by atoms with E-state index in [4.69, 9.17) is 5.73 Å². The van der Waals surface area contributed by atoms with Crippen LogP contribution in [0.15, 0.2) is 23.3 Å². The van der Waals surface area contributed by atoms with Crippen LogP contribution in [-0.4, -0.2) is 55.1 Å². The molecular weight excluding hydrogens is 382 g/mol. The lowest BCUT2D eigenvalue weighted by molar-refractivity contribution is -0.0466. The average Bonchev–Trinajstić information content (AvgIpc) is 3.07. The summed E-state index contributed by atoms with van der Waals surface area (Å²) in [5.74, 6) is 1.64. The van der Waals surface area contributed by atoms with E-state index >= 15 is 0 Å². The Kier molecular flexibility index (Phi) is 6.73. The fourth-order valence-electron chi connectivity index (χ4n) is 7.38. The molecule has 2 aliphatic heterocycles. The summed E-state index contributed by atoms with van der Waals surface area (Å²) in [4.78, 5) is 4.91. The molecule has 0 spiro atoms. The van der Waals surface area contributed by atoms with E-state index in [0.717, 1.165) is 31.7 Å². The van der Waals surface area contributed by atoms with Crippen molar-refractivity contribution in [3.8, 4) is 0 Å². The summed E-state index contributed by atoms with van der Waals surface area (Å²) < 4.78 is 0. The molecule has 1 saturated carbocycles. The van der Waals surface area contributed by atoms with Crippen molar-refractivity contribution in [1.82, 2.24) is 20.4 Å². The Morgan fingerprint density at radius 2 is 2.06 bits per heavy atom. The van der Waals surface area contributed by atoms with Crippen LogP contribution in [0.2, 0.25) is 0 Å². The first-order valence-corrected chi connectivity index (χ1v) is 12.7. The molecule has 0 aromatic heterocycles. The van der Waals surface area contributed by atoms with E-state index < -0.39 is 0 Å². The van der Waals surface area contributed by atoms with Crippen LogP contribution >= 0.6 is 0 Å². The molecule has 31 heavy (non-hydrogen) atoms. The maximum atomic E-state index is 6.41. The number of nitrogens with zero attached hydrogens (tertiary/aromatic N) is 2. The van der Waals surface area contributed by atoms with Gasteiger partial charge in [-0.15, -0.1) is 0 Å². The van der Waals surface area contributed by atoms with Crippen LogP contribution in [-0.2, 0) is 0 Å². The molecule has 7 atom stereocenters. The fourth-order valence-corrected chi connectivity index (χ4v) is 7.38. The van der Waals surface area contributed by atoms with E-state index in [9.17, 15) is 0 Å². The molecule has 176 valence electrons. The summed E-state index contributed by atoms with van der Waals surface area (Å²) in [5, 5.41) is 6.93. The van der Waals surface area contributed by atoms with Gasteiger partial charge in [0.05, 0.1) is 25.0 Å². The number of hydrogen-bond donors (Lipinski definition) is 3. The van der Waals surface area contributed by atoms with Crippen LogP contribution in [0.3, 0.4) is 0 Å². The van der Waals surface area contributed by atoms with Crippen LogP contribution in [0.4, 0.5) is 0 Å². The SMILES string of the molecule is CC(=CCN1CN(C)C2NCNC(N)C21)CCC1(C)C(C)CCC2(C)C(C)=CCCC21. The lowest BCUT2D eigenvalue weighted by atomic mass is 9.47. The van der Waals surface area contributed by atoms with Crippen molar-refractivity contribution in [2.75, 3.05) is 26.9 Å². The molecule has 2 aliphatic carbocycles. The van der Waals surface area contributed by atoms with Gasteiger partial charge < -0.3 is 5.73 Å². The summed E-state index contributed by atoms with van der Waals surface area (Å²) in [6.07, 6.45) is 13.3. The normalized spacial score (nSPS) is 44.7. The van der Waals surface area contributed by atoms with Gasteiger partial charge in [-0.05, 0) is 82.1 Å². The highest BCUT2D eigenvalue weighted by molar-refractivity contribution is 5.21. The lowest BCUT2D eigenvalue weighted by Gasteiger charge is -2.58.